The van der Waals surface area contributed by atoms with E-state index < -0.39 is 0 Å². The predicted molar refractivity (Wildman–Crippen MR) is 53.5 cm³/mol. The maximum atomic E-state index is 10.4. The predicted octanol–water partition coefficient (Wildman–Crippen LogP) is 2.61. The van der Waals surface area contributed by atoms with Crippen LogP contribution in [0.3, 0.4) is 0 Å². The van der Waals surface area contributed by atoms with E-state index in [1.165, 1.54) is 10.9 Å². The normalized spacial score (nSPS) is 10.2. The van der Waals surface area contributed by atoms with Crippen LogP contribution in [0.5, 0.6) is 0 Å². The quantitative estimate of drug-likeness (QED) is 0.641. The fourth-order valence-electron chi connectivity index (χ4n) is 1.43. The number of benzene rings is 2. The Bertz CT molecular complexity index is 458. The molecule has 2 aromatic rings. The minimum atomic E-state index is 0.608. The Morgan fingerprint density at radius 2 is 1.69 bits per heavy atom. The zero-order chi connectivity index (χ0) is 9.26. The van der Waals surface area contributed by atoms with Crippen LogP contribution in [0.25, 0.3) is 10.8 Å². The van der Waals surface area contributed by atoms with Gasteiger partial charge in [-0.2, -0.15) is 0 Å². The van der Waals surface area contributed by atoms with Crippen molar-refractivity contribution in [3.63, 3.8) is 0 Å². The maximum absolute atomic E-state index is 10.4. The van der Waals surface area contributed by atoms with Gasteiger partial charge in [0, 0.05) is 5.56 Å². The van der Waals surface area contributed by atoms with Crippen molar-refractivity contribution in [1.29, 1.82) is 0 Å². The van der Waals surface area contributed by atoms with E-state index in [0.29, 0.717) is 5.56 Å². The van der Waals surface area contributed by atoms with E-state index in [1.807, 2.05) is 30.6 Å². The van der Waals surface area contributed by atoms with Crippen LogP contribution in [0.2, 0.25) is 0 Å². The van der Waals surface area contributed by atoms with Gasteiger partial charge in [-0.3, -0.25) is 4.79 Å². The van der Waals surface area contributed by atoms with Crippen LogP contribution in [0, 0.1) is 6.92 Å². The molecule has 2 aromatic carbocycles. The smallest absolute Gasteiger partial charge is 0.233 e. The van der Waals surface area contributed by atoms with E-state index in [-0.39, 0.29) is 0 Å². The van der Waals surface area contributed by atoms with Gasteiger partial charge in [0.25, 0.3) is 0 Å². The van der Waals surface area contributed by atoms with Crippen LogP contribution in [-0.2, 0) is 4.79 Å². The van der Waals surface area contributed by atoms with E-state index in [4.69, 9.17) is 0 Å². The molecule has 0 spiro atoms. The Hall–Kier alpha value is -1.63. The first kappa shape index (κ1) is 7.99. The zero-order valence-corrected chi connectivity index (χ0v) is 7.37. The van der Waals surface area contributed by atoms with Crippen molar-refractivity contribution in [2.75, 3.05) is 0 Å². The van der Waals surface area contributed by atoms with Gasteiger partial charge in [-0.25, -0.2) is 0 Å². The Morgan fingerprint density at radius 1 is 1.00 bits per heavy atom. The van der Waals surface area contributed by atoms with Gasteiger partial charge in [-0.05, 0) is 23.8 Å². The van der Waals surface area contributed by atoms with Crippen molar-refractivity contribution in [1.82, 2.24) is 0 Å². The molecule has 1 radical (unpaired) electrons. The number of rotatable bonds is 1. The Kier molecular flexibility index (Phi) is 1.85. The maximum Gasteiger partial charge on any atom is 0.233 e. The average Bonchev–Trinajstić information content (AvgIpc) is 2.17. The first-order valence-electron chi connectivity index (χ1n) is 4.18. The second kappa shape index (κ2) is 3.02. The lowest BCUT2D eigenvalue weighted by molar-refractivity contribution is 0.563. The molecule has 0 N–H and O–H groups in total. The van der Waals surface area contributed by atoms with Crippen molar-refractivity contribution >= 4 is 17.1 Å². The number of fused-ring (bicyclic) bond motifs is 1. The van der Waals surface area contributed by atoms with E-state index in [9.17, 15) is 4.79 Å². The summed E-state index contributed by atoms with van der Waals surface area (Å²) in [6.07, 6.45) is 1.88. The molecule has 0 saturated carbocycles. The highest BCUT2D eigenvalue weighted by molar-refractivity contribution is 5.89. The first-order valence-corrected chi connectivity index (χ1v) is 4.18. The number of aryl methyl sites for hydroxylation is 1. The van der Waals surface area contributed by atoms with Gasteiger partial charge in [0.15, 0.2) is 0 Å². The van der Waals surface area contributed by atoms with Gasteiger partial charge < -0.3 is 0 Å². The molecular weight excluding hydrogens is 160 g/mol. The molecular formula is C12H9O. The molecule has 0 aliphatic rings. The van der Waals surface area contributed by atoms with Crippen LogP contribution in [0.15, 0.2) is 36.4 Å². The molecule has 63 valence electrons. The van der Waals surface area contributed by atoms with E-state index >= 15 is 0 Å². The van der Waals surface area contributed by atoms with Gasteiger partial charge in [0.1, 0.15) is 0 Å². The zero-order valence-electron chi connectivity index (χ0n) is 7.37. The monoisotopic (exact) mass is 169 g/mol. The molecule has 0 unspecified atom stereocenters. The first-order chi connectivity index (χ1) is 6.29. The average molecular weight is 169 g/mol. The number of hydrogen-bond donors (Lipinski definition) is 0. The lowest BCUT2D eigenvalue weighted by Crippen LogP contribution is -1.81. The van der Waals surface area contributed by atoms with Gasteiger partial charge in [-0.15, -0.1) is 0 Å². The third-order valence-electron chi connectivity index (χ3n) is 2.11. The van der Waals surface area contributed by atoms with Gasteiger partial charge in [0.05, 0.1) is 0 Å². The van der Waals surface area contributed by atoms with Crippen molar-refractivity contribution in [3.8, 4) is 0 Å². The molecule has 0 heterocycles. The molecule has 13 heavy (non-hydrogen) atoms. The van der Waals surface area contributed by atoms with Crippen LogP contribution >= 0.6 is 0 Å². The summed E-state index contributed by atoms with van der Waals surface area (Å²) in [5.74, 6) is 0. The standard InChI is InChI=1S/C12H9O/c1-9-2-4-12-7-10(8-13)3-5-11(12)6-9/h2-7H,1H3. The molecule has 0 atom stereocenters. The summed E-state index contributed by atoms with van der Waals surface area (Å²) in [5, 5.41) is 2.26. The van der Waals surface area contributed by atoms with Crippen molar-refractivity contribution < 1.29 is 4.79 Å². The second-order valence-corrected chi connectivity index (χ2v) is 3.17. The van der Waals surface area contributed by atoms with E-state index in [0.717, 1.165) is 5.39 Å². The van der Waals surface area contributed by atoms with Gasteiger partial charge in [0.2, 0.25) is 6.29 Å². The van der Waals surface area contributed by atoms with Gasteiger partial charge in [-0.1, -0.05) is 35.9 Å². The number of carbonyl (C=O) groups excluding carboxylic acids is 1. The molecule has 0 saturated heterocycles. The molecule has 0 bridgehead atoms. The van der Waals surface area contributed by atoms with Crippen LogP contribution < -0.4 is 0 Å². The van der Waals surface area contributed by atoms with Crippen molar-refractivity contribution in [2.24, 2.45) is 0 Å². The molecule has 0 amide bonds. The summed E-state index contributed by atoms with van der Waals surface area (Å²) in [6, 6.07) is 11.7. The third-order valence-corrected chi connectivity index (χ3v) is 2.11. The molecule has 1 nitrogen and oxygen atoms in total. The van der Waals surface area contributed by atoms with Crippen LogP contribution in [-0.4, -0.2) is 6.29 Å². The molecule has 0 aromatic heterocycles. The summed E-state index contributed by atoms with van der Waals surface area (Å²) >= 11 is 0. The van der Waals surface area contributed by atoms with Crippen molar-refractivity contribution in [2.45, 2.75) is 6.92 Å². The fraction of sp³-hybridized carbons (Fsp3) is 0.0833. The highest BCUT2D eigenvalue weighted by atomic mass is 16.1. The molecule has 0 fully saturated rings. The Labute approximate surface area is 77.0 Å². The summed E-state index contributed by atoms with van der Waals surface area (Å²) in [7, 11) is 0. The molecule has 0 aliphatic heterocycles. The van der Waals surface area contributed by atoms with Gasteiger partial charge >= 0.3 is 0 Å². The third kappa shape index (κ3) is 1.45. The summed E-state index contributed by atoms with van der Waals surface area (Å²) in [4.78, 5) is 10.4. The minimum Gasteiger partial charge on any atom is -0.285 e. The summed E-state index contributed by atoms with van der Waals surface area (Å²) < 4.78 is 0. The van der Waals surface area contributed by atoms with Crippen LogP contribution in [0.1, 0.15) is 11.1 Å². The lowest BCUT2D eigenvalue weighted by Gasteiger charge is -1.99. The lowest BCUT2D eigenvalue weighted by atomic mass is 10.1. The van der Waals surface area contributed by atoms with Crippen molar-refractivity contribution in [3.05, 3.63) is 47.5 Å². The highest BCUT2D eigenvalue weighted by Crippen LogP contribution is 2.16. The summed E-state index contributed by atoms with van der Waals surface area (Å²) in [5.41, 5.74) is 1.84. The Balaban J connectivity index is 2.73. The van der Waals surface area contributed by atoms with Crippen LogP contribution in [0.4, 0.5) is 0 Å². The largest absolute Gasteiger partial charge is 0.285 e. The highest BCUT2D eigenvalue weighted by Gasteiger charge is 1.95. The molecule has 0 aliphatic carbocycles. The second-order valence-electron chi connectivity index (χ2n) is 3.17. The molecule has 2 rings (SSSR count). The summed E-state index contributed by atoms with van der Waals surface area (Å²) in [6.45, 7) is 2.05. The minimum absolute atomic E-state index is 0.608. The van der Waals surface area contributed by atoms with E-state index in [2.05, 4.69) is 13.0 Å². The Morgan fingerprint density at radius 3 is 2.46 bits per heavy atom. The topological polar surface area (TPSA) is 17.1 Å². The SMILES string of the molecule is Cc1ccc2cc([C]=O)ccc2c1. The molecule has 1 heteroatoms. The fourth-order valence-corrected chi connectivity index (χ4v) is 1.43. The number of hydrogen-bond acceptors (Lipinski definition) is 1. The van der Waals surface area contributed by atoms with E-state index in [1.54, 1.807) is 6.07 Å².